The van der Waals surface area contributed by atoms with Gasteiger partial charge in [-0.2, -0.15) is 5.26 Å². The second kappa shape index (κ2) is 8.37. The van der Waals surface area contributed by atoms with Crippen LogP contribution in [0.4, 0.5) is 0 Å². The van der Waals surface area contributed by atoms with Crippen molar-refractivity contribution in [1.82, 2.24) is 9.71 Å². The number of benzene rings is 1. The predicted octanol–water partition coefficient (Wildman–Crippen LogP) is 3.00. The molecule has 0 fully saturated rings. The van der Waals surface area contributed by atoms with Crippen molar-refractivity contribution in [2.24, 2.45) is 5.92 Å². The van der Waals surface area contributed by atoms with Gasteiger partial charge in [0.1, 0.15) is 5.02 Å². The van der Waals surface area contributed by atoms with Crippen molar-refractivity contribution < 1.29 is 17.9 Å². The first-order valence-corrected chi connectivity index (χ1v) is 10.2. The number of hydrogen-bond donors (Lipinski definition) is 1. The standard InChI is InChI=1S/C18H18ClN3O4S/c1-11(2)10-26-18-16(19)7-14(9-21-18)15-5-4-12(6-13(15)8-20)17(23)22-27(3,24)25/h4-7,9,11H,10H2,1-3H3,(H,22,23). The van der Waals surface area contributed by atoms with E-state index in [1.54, 1.807) is 6.07 Å². The average Bonchev–Trinajstić information content (AvgIpc) is 2.58. The van der Waals surface area contributed by atoms with Gasteiger partial charge in [-0.1, -0.05) is 31.5 Å². The summed E-state index contributed by atoms with van der Waals surface area (Å²) < 4.78 is 29.8. The second-order valence-electron chi connectivity index (χ2n) is 6.29. The Kier molecular flexibility index (Phi) is 6.41. The van der Waals surface area contributed by atoms with Crippen LogP contribution < -0.4 is 9.46 Å². The molecule has 1 amide bonds. The van der Waals surface area contributed by atoms with Crippen LogP contribution in [0, 0.1) is 17.2 Å². The summed E-state index contributed by atoms with van der Waals surface area (Å²) >= 11 is 6.21. The lowest BCUT2D eigenvalue weighted by Gasteiger charge is -2.11. The lowest BCUT2D eigenvalue weighted by atomic mass is 9.99. The number of pyridine rings is 1. The molecule has 0 atom stereocenters. The van der Waals surface area contributed by atoms with E-state index in [4.69, 9.17) is 16.3 Å². The molecule has 1 heterocycles. The summed E-state index contributed by atoms with van der Waals surface area (Å²) in [5.74, 6) is -0.190. The second-order valence-corrected chi connectivity index (χ2v) is 8.45. The molecule has 7 nitrogen and oxygen atoms in total. The normalized spacial score (nSPS) is 11.1. The van der Waals surface area contributed by atoms with Crippen LogP contribution in [0.5, 0.6) is 5.88 Å². The molecule has 0 aliphatic rings. The SMILES string of the molecule is CC(C)COc1ncc(-c2ccc(C(=O)NS(C)(=O)=O)cc2C#N)cc1Cl. The maximum atomic E-state index is 12.0. The Labute approximate surface area is 163 Å². The van der Waals surface area contributed by atoms with Crippen LogP contribution >= 0.6 is 11.6 Å². The Morgan fingerprint density at radius 2 is 2.07 bits per heavy atom. The molecule has 0 saturated heterocycles. The van der Waals surface area contributed by atoms with Gasteiger partial charge in [0.05, 0.1) is 24.5 Å². The van der Waals surface area contributed by atoms with E-state index >= 15 is 0 Å². The third-order valence-electron chi connectivity index (χ3n) is 3.35. The van der Waals surface area contributed by atoms with Gasteiger partial charge in [0.25, 0.3) is 5.91 Å². The van der Waals surface area contributed by atoms with Gasteiger partial charge in [0.15, 0.2) is 0 Å². The van der Waals surface area contributed by atoms with Gasteiger partial charge >= 0.3 is 0 Å². The molecule has 0 radical (unpaired) electrons. The molecule has 0 aliphatic heterocycles. The summed E-state index contributed by atoms with van der Waals surface area (Å²) in [6.45, 7) is 4.48. The molecule has 27 heavy (non-hydrogen) atoms. The van der Waals surface area contributed by atoms with Crippen LogP contribution in [-0.2, 0) is 10.0 Å². The van der Waals surface area contributed by atoms with E-state index in [-0.39, 0.29) is 11.1 Å². The van der Waals surface area contributed by atoms with E-state index in [2.05, 4.69) is 4.98 Å². The molecular weight excluding hydrogens is 390 g/mol. The van der Waals surface area contributed by atoms with E-state index < -0.39 is 15.9 Å². The molecule has 0 bridgehead atoms. The van der Waals surface area contributed by atoms with E-state index in [1.165, 1.54) is 24.4 Å². The van der Waals surface area contributed by atoms with E-state index in [0.29, 0.717) is 34.6 Å². The molecule has 1 N–H and O–H groups in total. The monoisotopic (exact) mass is 407 g/mol. The van der Waals surface area contributed by atoms with Crippen molar-refractivity contribution in [1.29, 1.82) is 5.26 Å². The molecule has 0 saturated carbocycles. The first kappa shape index (κ1) is 20.7. The third-order valence-corrected chi connectivity index (χ3v) is 4.18. The fourth-order valence-corrected chi connectivity index (χ4v) is 2.86. The molecule has 1 aromatic carbocycles. The molecule has 2 aromatic rings. The summed E-state index contributed by atoms with van der Waals surface area (Å²) in [7, 11) is -3.70. The molecule has 2 rings (SSSR count). The number of carbonyl (C=O) groups excluding carboxylic acids is 1. The molecule has 0 unspecified atom stereocenters. The number of rotatable bonds is 6. The minimum atomic E-state index is -3.70. The number of nitriles is 1. The number of sulfonamides is 1. The highest BCUT2D eigenvalue weighted by Crippen LogP contribution is 2.30. The fraction of sp³-hybridized carbons (Fsp3) is 0.278. The van der Waals surface area contributed by atoms with Crippen molar-refractivity contribution in [3.63, 3.8) is 0 Å². The minimum absolute atomic E-state index is 0.0525. The largest absolute Gasteiger partial charge is 0.476 e. The molecule has 142 valence electrons. The minimum Gasteiger partial charge on any atom is -0.476 e. The van der Waals surface area contributed by atoms with Crippen LogP contribution in [0.3, 0.4) is 0 Å². The third kappa shape index (κ3) is 5.67. The summed E-state index contributed by atoms with van der Waals surface area (Å²) in [5.41, 5.74) is 1.32. The highest BCUT2D eigenvalue weighted by molar-refractivity contribution is 7.89. The first-order valence-electron chi connectivity index (χ1n) is 7.95. The van der Waals surface area contributed by atoms with E-state index in [0.717, 1.165) is 6.26 Å². The van der Waals surface area contributed by atoms with E-state index in [1.807, 2.05) is 24.6 Å². The average molecular weight is 408 g/mol. The van der Waals surface area contributed by atoms with Gasteiger partial charge in [-0.15, -0.1) is 0 Å². The zero-order valence-corrected chi connectivity index (χ0v) is 16.6. The zero-order chi connectivity index (χ0) is 20.2. The Hall–Kier alpha value is -2.63. The van der Waals surface area contributed by atoms with Crippen molar-refractivity contribution in [3.05, 3.63) is 46.6 Å². The highest BCUT2D eigenvalue weighted by Gasteiger charge is 2.15. The number of hydrogen-bond acceptors (Lipinski definition) is 6. The van der Waals surface area contributed by atoms with E-state index in [9.17, 15) is 18.5 Å². The van der Waals surface area contributed by atoms with Crippen LogP contribution in [0.2, 0.25) is 5.02 Å². The maximum Gasteiger partial charge on any atom is 0.264 e. The topological polar surface area (TPSA) is 109 Å². The van der Waals surface area contributed by atoms with Crippen LogP contribution in [0.1, 0.15) is 29.8 Å². The predicted molar refractivity (Wildman–Crippen MR) is 102 cm³/mol. The van der Waals surface area contributed by atoms with Crippen LogP contribution in [-0.4, -0.2) is 32.2 Å². The van der Waals surface area contributed by atoms with Gasteiger partial charge in [-0.25, -0.2) is 18.1 Å². The number of halogens is 1. The first-order chi connectivity index (χ1) is 12.6. The van der Waals surface area contributed by atoms with Crippen molar-refractivity contribution in [3.8, 4) is 23.1 Å². The van der Waals surface area contributed by atoms with Crippen molar-refractivity contribution >= 4 is 27.5 Å². The number of ether oxygens (including phenoxy) is 1. The Morgan fingerprint density at radius 1 is 1.37 bits per heavy atom. The molecular formula is C18H18ClN3O4S. The van der Waals surface area contributed by atoms with Crippen molar-refractivity contribution in [2.45, 2.75) is 13.8 Å². The summed E-state index contributed by atoms with van der Waals surface area (Å²) in [6.07, 6.45) is 2.40. The van der Waals surface area contributed by atoms with Crippen LogP contribution in [0.15, 0.2) is 30.5 Å². The number of aromatic nitrogens is 1. The zero-order valence-electron chi connectivity index (χ0n) is 15.0. The Morgan fingerprint density at radius 3 is 2.63 bits per heavy atom. The van der Waals surface area contributed by atoms with Crippen molar-refractivity contribution in [2.75, 3.05) is 12.9 Å². The van der Waals surface area contributed by atoms with Gasteiger partial charge < -0.3 is 4.74 Å². The maximum absolute atomic E-state index is 12.0. The van der Waals surface area contributed by atoms with Gasteiger partial charge in [-0.3, -0.25) is 4.79 Å². The molecule has 0 aliphatic carbocycles. The Balaban J connectivity index is 2.35. The summed E-state index contributed by atoms with van der Waals surface area (Å²) in [6, 6.07) is 7.89. The number of carbonyl (C=O) groups is 1. The van der Waals surface area contributed by atoms with Crippen LogP contribution in [0.25, 0.3) is 11.1 Å². The lowest BCUT2D eigenvalue weighted by Crippen LogP contribution is -2.29. The summed E-state index contributed by atoms with van der Waals surface area (Å²) in [4.78, 5) is 16.1. The van der Waals surface area contributed by atoms with Gasteiger partial charge in [0, 0.05) is 22.9 Å². The fourth-order valence-electron chi connectivity index (χ4n) is 2.18. The highest BCUT2D eigenvalue weighted by atomic mass is 35.5. The number of amides is 1. The summed E-state index contributed by atoms with van der Waals surface area (Å²) in [5, 5.41) is 9.71. The number of nitrogens with one attached hydrogen (secondary N) is 1. The molecule has 0 spiro atoms. The smallest absolute Gasteiger partial charge is 0.264 e. The quantitative estimate of drug-likeness (QED) is 0.788. The van der Waals surface area contributed by atoms with Gasteiger partial charge in [-0.05, 0) is 24.1 Å². The number of nitrogens with zero attached hydrogens (tertiary/aromatic N) is 2. The lowest BCUT2D eigenvalue weighted by molar-refractivity contribution is 0.0981. The molecule has 9 heteroatoms. The Bertz CT molecular complexity index is 1010. The van der Waals surface area contributed by atoms with Gasteiger partial charge in [0.2, 0.25) is 15.9 Å². The molecule has 1 aromatic heterocycles.